The summed E-state index contributed by atoms with van der Waals surface area (Å²) in [5.41, 5.74) is 6.93. The van der Waals surface area contributed by atoms with E-state index in [0.29, 0.717) is 43.6 Å². The first kappa shape index (κ1) is 24.1. The number of hydrazine groups is 1. The maximum absolute atomic E-state index is 13.6. The van der Waals surface area contributed by atoms with Crippen LogP contribution in [0, 0.1) is 11.8 Å². The fourth-order valence-electron chi connectivity index (χ4n) is 6.23. The number of likely N-dealkylation sites (tertiary alicyclic amines) is 1. The van der Waals surface area contributed by atoms with Crippen molar-refractivity contribution in [2.75, 3.05) is 37.6 Å². The molecule has 1 aromatic carbocycles. The molecule has 1 aliphatic carbocycles. The maximum Gasteiger partial charge on any atom is 0.405 e. The lowest BCUT2D eigenvalue weighted by atomic mass is 9.73. The number of para-hydroxylation sites is 1. The average molecular weight is 494 g/mol. The lowest BCUT2D eigenvalue weighted by molar-refractivity contribution is -0.141. The molecule has 2 saturated heterocycles. The molecule has 1 aromatic rings. The number of halogens is 3. The Bertz CT molecular complexity index is 1010. The van der Waals surface area contributed by atoms with Crippen molar-refractivity contribution in [2.45, 2.75) is 49.7 Å². The first-order valence-electron chi connectivity index (χ1n) is 12.2. The summed E-state index contributed by atoms with van der Waals surface area (Å²) in [5.74, 6) is -0.549. The quantitative estimate of drug-likeness (QED) is 0.591. The number of amides is 3. The van der Waals surface area contributed by atoms with Crippen LogP contribution < -0.4 is 21.1 Å². The topological polar surface area (TPSA) is 93.8 Å². The molecule has 8 nitrogen and oxygen atoms in total. The highest BCUT2D eigenvalue weighted by molar-refractivity contribution is 6.10. The lowest BCUT2D eigenvalue weighted by Crippen LogP contribution is -2.53. The molecule has 3 fully saturated rings. The fourth-order valence-corrected chi connectivity index (χ4v) is 6.23. The summed E-state index contributed by atoms with van der Waals surface area (Å²) in [6, 6.07) is 7.56. The average Bonchev–Trinajstić information content (AvgIpc) is 3.40. The molecule has 0 radical (unpaired) electrons. The third-order valence-corrected chi connectivity index (χ3v) is 8.06. The van der Waals surface area contributed by atoms with Crippen LogP contribution in [0.2, 0.25) is 0 Å². The summed E-state index contributed by atoms with van der Waals surface area (Å²) >= 11 is 0. The Morgan fingerprint density at radius 2 is 1.89 bits per heavy atom. The number of piperidine rings is 1. The van der Waals surface area contributed by atoms with Gasteiger partial charge in [-0.15, -0.1) is 0 Å². The molecule has 3 amide bonds. The lowest BCUT2D eigenvalue weighted by Gasteiger charge is -2.41. The molecular weight excluding hydrogens is 463 g/mol. The van der Waals surface area contributed by atoms with Gasteiger partial charge in [-0.25, -0.2) is 0 Å². The highest BCUT2D eigenvalue weighted by atomic mass is 19.4. The minimum Gasteiger partial charge on any atom is -0.345 e. The van der Waals surface area contributed by atoms with Crippen LogP contribution in [-0.2, 0) is 19.8 Å². The summed E-state index contributed by atoms with van der Waals surface area (Å²) < 4.78 is 37.5. The van der Waals surface area contributed by atoms with Crippen molar-refractivity contribution in [3.63, 3.8) is 0 Å². The van der Waals surface area contributed by atoms with E-state index < -0.39 is 30.6 Å². The molecule has 3 unspecified atom stereocenters. The van der Waals surface area contributed by atoms with Gasteiger partial charge in [0.05, 0.1) is 5.41 Å². The Morgan fingerprint density at radius 3 is 2.63 bits per heavy atom. The van der Waals surface area contributed by atoms with Gasteiger partial charge in [0.25, 0.3) is 0 Å². The maximum atomic E-state index is 13.6. The second-order valence-electron chi connectivity index (χ2n) is 10.1. The van der Waals surface area contributed by atoms with Gasteiger partial charge in [-0.1, -0.05) is 18.2 Å². The standard InChI is InChI=1S/C24H30F3N5O3/c25-24(26,27)14-28-20(33)13-32-19-4-2-1-3-17(19)23(22(32)35)7-9-31(10-8-23)21(34)15-5-6-18-16(11-15)12-29-30-18/h1-4,15-16,18,29-30H,5-14H2,(H,28,33). The van der Waals surface area contributed by atoms with E-state index in [-0.39, 0.29) is 17.7 Å². The summed E-state index contributed by atoms with van der Waals surface area (Å²) in [6.07, 6.45) is -1.00. The van der Waals surface area contributed by atoms with Crippen LogP contribution in [0.5, 0.6) is 0 Å². The Kier molecular flexibility index (Phi) is 6.25. The van der Waals surface area contributed by atoms with E-state index in [1.54, 1.807) is 12.1 Å². The van der Waals surface area contributed by atoms with Gasteiger partial charge in [0, 0.05) is 37.3 Å². The van der Waals surface area contributed by atoms with Gasteiger partial charge in [0.2, 0.25) is 17.7 Å². The van der Waals surface area contributed by atoms with Crippen LogP contribution in [0.1, 0.15) is 37.7 Å². The van der Waals surface area contributed by atoms with Crippen molar-refractivity contribution in [1.29, 1.82) is 0 Å². The van der Waals surface area contributed by atoms with Crippen LogP contribution in [-0.4, -0.2) is 67.6 Å². The van der Waals surface area contributed by atoms with Gasteiger partial charge in [0.15, 0.2) is 0 Å². The second-order valence-corrected chi connectivity index (χ2v) is 10.1. The minimum absolute atomic E-state index is 0.00704. The van der Waals surface area contributed by atoms with E-state index >= 15 is 0 Å². The van der Waals surface area contributed by atoms with Crippen LogP contribution in [0.3, 0.4) is 0 Å². The van der Waals surface area contributed by atoms with Crippen LogP contribution in [0.25, 0.3) is 0 Å². The Balaban J connectivity index is 1.26. The van der Waals surface area contributed by atoms with Crippen LogP contribution in [0.4, 0.5) is 18.9 Å². The number of anilines is 1. The Labute approximate surface area is 201 Å². The number of rotatable bonds is 4. The van der Waals surface area contributed by atoms with Gasteiger partial charge >= 0.3 is 6.18 Å². The molecule has 3 N–H and O–H groups in total. The third-order valence-electron chi connectivity index (χ3n) is 8.06. The first-order valence-corrected chi connectivity index (χ1v) is 12.2. The first-order chi connectivity index (χ1) is 16.7. The molecule has 5 rings (SSSR count). The monoisotopic (exact) mass is 493 g/mol. The normalized spacial score (nSPS) is 27.6. The summed E-state index contributed by atoms with van der Waals surface area (Å²) in [7, 11) is 0. The largest absolute Gasteiger partial charge is 0.405 e. The summed E-state index contributed by atoms with van der Waals surface area (Å²) in [4.78, 5) is 42.2. The molecule has 35 heavy (non-hydrogen) atoms. The van der Waals surface area contributed by atoms with Crippen molar-refractivity contribution in [1.82, 2.24) is 21.1 Å². The molecule has 0 aromatic heterocycles. The molecular formula is C24H30F3N5O3. The zero-order valence-electron chi connectivity index (χ0n) is 19.4. The van der Waals surface area contributed by atoms with Crippen molar-refractivity contribution in [3.05, 3.63) is 29.8 Å². The van der Waals surface area contributed by atoms with Gasteiger partial charge in [-0.05, 0) is 49.7 Å². The molecule has 3 atom stereocenters. The van der Waals surface area contributed by atoms with Crippen LogP contribution in [0.15, 0.2) is 24.3 Å². The number of carbonyl (C=O) groups is 3. The number of nitrogens with zero attached hydrogens (tertiary/aromatic N) is 2. The van der Waals surface area contributed by atoms with Crippen molar-refractivity contribution >= 4 is 23.4 Å². The number of nitrogens with one attached hydrogen (secondary N) is 3. The van der Waals surface area contributed by atoms with E-state index in [1.165, 1.54) is 4.90 Å². The number of carbonyl (C=O) groups excluding carboxylic acids is 3. The Hall–Kier alpha value is -2.66. The molecule has 190 valence electrons. The SMILES string of the molecule is O=C(CN1C(=O)C2(CCN(C(=O)C3CCC4NNCC4C3)CC2)c2ccccc21)NCC(F)(F)F. The van der Waals surface area contributed by atoms with Crippen molar-refractivity contribution in [3.8, 4) is 0 Å². The van der Waals surface area contributed by atoms with Gasteiger partial charge in [-0.3, -0.25) is 25.2 Å². The summed E-state index contributed by atoms with van der Waals surface area (Å²) in [6.45, 7) is -0.160. The smallest absolute Gasteiger partial charge is 0.345 e. The van der Waals surface area contributed by atoms with Crippen LogP contribution >= 0.6 is 0 Å². The Morgan fingerprint density at radius 1 is 1.14 bits per heavy atom. The van der Waals surface area contributed by atoms with Crippen molar-refractivity contribution in [2.24, 2.45) is 11.8 Å². The summed E-state index contributed by atoms with van der Waals surface area (Å²) in [5, 5.41) is 1.85. The van der Waals surface area contributed by atoms with Gasteiger partial charge in [-0.2, -0.15) is 13.2 Å². The number of fused-ring (bicyclic) bond motifs is 3. The van der Waals surface area contributed by atoms with E-state index in [2.05, 4.69) is 10.9 Å². The number of hydrogen-bond acceptors (Lipinski definition) is 5. The van der Waals surface area contributed by atoms with E-state index in [0.717, 1.165) is 31.4 Å². The predicted octanol–water partition coefficient (Wildman–Crippen LogP) is 1.46. The molecule has 1 spiro atoms. The zero-order valence-corrected chi connectivity index (χ0v) is 19.4. The fraction of sp³-hybridized carbons (Fsp3) is 0.625. The molecule has 3 aliphatic heterocycles. The number of benzene rings is 1. The van der Waals surface area contributed by atoms with E-state index in [4.69, 9.17) is 0 Å². The van der Waals surface area contributed by atoms with Gasteiger partial charge < -0.3 is 15.1 Å². The molecule has 1 saturated carbocycles. The highest BCUT2D eigenvalue weighted by Gasteiger charge is 2.53. The molecule has 11 heteroatoms. The molecule has 0 bridgehead atoms. The number of alkyl halides is 3. The molecule has 3 heterocycles. The number of hydrogen-bond donors (Lipinski definition) is 3. The second kappa shape index (κ2) is 9.09. The van der Waals surface area contributed by atoms with E-state index in [9.17, 15) is 27.6 Å². The van der Waals surface area contributed by atoms with Crippen molar-refractivity contribution < 1.29 is 27.6 Å². The van der Waals surface area contributed by atoms with E-state index in [1.807, 2.05) is 22.3 Å². The highest BCUT2D eigenvalue weighted by Crippen LogP contribution is 2.48. The van der Waals surface area contributed by atoms with Gasteiger partial charge in [0.1, 0.15) is 13.1 Å². The predicted molar refractivity (Wildman–Crippen MR) is 121 cm³/mol. The third kappa shape index (κ3) is 4.51. The molecule has 4 aliphatic rings. The minimum atomic E-state index is -4.52. The zero-order chi connectivity index (χ0) is 24.8.